The molecule has 0 atom stereocenters. The van der Waals surface area contributed by atoms with Crippen molar-refractivity contribution in [2.24, 2.45) is 10.7 Å². The number of aryl methyl sites for hydroxylation is 1. The standard InChI is InChI=1S/C24H34N4O2/c1-3-19-6-4-8-21(16-19)27-24(25)26-18-20-7-5-9-23(17-20)30-15-12-28(2)22-10-13-29-14-11-22/h4-9,16-17,22H,3,10-15,18H2,1-2H3,(H3,25,26,27). The molecule has 2 aromatic carbocycles. The molecule has 1 saturated heterocycles. The molecule has 0 spiro atoms. The summed E-state index contributed by atoms with van der Waals surface area (Å²) >= 11 is 0. The topological polar surface area (TPSA) is 72.1 Å². The second-order valence-corrected chi connectivity index (χ2v) is 7.70. The van der Waals surface area contributed by atoms with Gasteiger partial charge in [-0.25, -0.2) is 4.99 Å². The lowest BCUT2D eigenvalue weighted by Crippen LogP contribution is -2.38. The molecule has 1 heterocycles. The number of hydrogen-bond acceptors (Lipinski definition) is 4. The summed E-state index contributed by atoms with van der Waals surface area (Å²) in [7, 11) is 2.16. The van der Waals surface area contributed by atoms with E-state index in [9.17, 15) is 0 Å². The van der Waals surface area contributed by atoms with Crippen LogP contribution >= 0.6 is 0 Å². The van der Waals surface area contributed by atoms with Crippen molar-refractivity contribution >= 4 is 11.6 Å². The molecule has 0 amide bonds. The van der Waals surface area contributed by atoms with Gasteiger partial charge in [0.05, 0.1) is 6.54 Å². The first kappa shape index (κ1) is 22.1. The number of hydrogen-bond donors (Lipinski definition) is 2. The van der Waals surface area contributed by atoms with Crippen LogP contribution in [0.15, 0.2) is 53.5 Å². The van der Waals surface area contributed by atoms with Crippen LogP contribution in [0.4, 0.5) is 5.69 Å². The highest BCUT2D eigenvalue weighted by molar-refractivity contribution is 5.92. The van der Waals surface area contributed by atoms with Crippen LogP contribution in [-0.4, -0.2) is 50.3 Å². The van der Waals surface area contributed by atoms with Gasteiger partial charge in [0, 0.05) is 31.5 Å². The molecule has 0 unspecified atom stereocenters. The average molecular weight is 411 g/mol. The number of aliphatic imine (C=N–C) groups is 1. The summed E-state index contributed by atoms with van der Waals surface area (Å²) in [5.74, 6) is 1.28. The van der Waals surface area contributed by atoms with E-state index in [0.717, 1.165) is 56.0 Å². The summed E-state index contributed by atoms with van der Waals surface area (Å²) in [6.45, 7) is 5.93. The Morgan fingerprint density at radius 3 is 2.73 bits per heavy atom. The summed E-state index contributed by atoms with van der Waals surface area (Å²) in [6.07, 6.45) is 3.19. The van der Waals surface area contributed by atoms with Crippen molar-refractivity contribution in [1.29, 1.82) is 0 Å². The van der Waals surface area contributed by atoms with E-state index in [2.05, 4.69) is 41.3 Å². The van der Waals surface area contributed by atoms with Crippen molar-refractivity contribution in [3.63, 3.8) is 0 Å². The molecule has 30 heavy (non-hydrogen) atoms. The molecule has 3 N–H and O–H groups in total. The number of nitrogens with one attached hydrogen (secondary N) is 1. The molecular formula is C24H34N4O2. The quantitative estimate of drug-likeness (QED) is 0.488. The number of nitrogens with two attached hydrogens (primary N) is 1. The lowest BCUT2D eigenvalue weighted by molar-refractivity contribution is 0.0392. The number of likely N-dealkylation sites (N-methyl/N-ethyl adjacent to an activating group) is 1. The van der Waals surface area contributed by atoms with Gasteiger partial charge in [-0.1, -0.05) is 31.2 Å². The number of rotatable bonds is 9. The summed E-state index contributed by atoms with van der Waals surface area (Å²) in [4.78, 5) is 6.84. The summed E-state index contributed by atoms with van der Waals surface area (Å²) in [5, 5.41) is 3.16. The second-order valence-electron chi connectivity index (χ2n) is 7.70. The average Bonchev–Trinajstić information content (AvgIpc) is 2.78. The predicted molar refractivity (Wildman–Crippen MR) is 123 cm³/mol. The van der Waals surface area contributed by atoms with Gasteiger partial charge in [0.25, 0.3) is 0 Å². The summed E-state index contributed by atoms with van der Waals surface area (Å²) < 4.78 is 11.4. The van der Waals surface area contributed by atoms with Crippen molar-refractivity contribution in [3.05, 3.63) is 59.7 Å². The fourth-order valence-corrected chi connectivity index (χ4v) is 3.58. The largest absolute Gasteiger partial charge is 0.492 e. The van der Waals surface area contributed by atoms with E-state index in [1.165, 1.54) is 5.56 Å². The molecule has 1 aliphatic rings. The Bertz CT molecular complexity index is 818. The Labute approximate surface area is 180 Å². The summed E-state index contributed by atoms with van der Waals surface area (Å²) in [6, 6.07) is 16.9. The third kappa shape index (κ3) is 7.04. The first-order valence-corrected chi connectivity index (χ1v) is 10.8. The van der Waals surface area contributed by atoms with Gasteiger partial charge in [-0.3, -0.25) is 4.90 Å². The highest BCUT2D eigenvalue weighted by atomic mass is 16.5. The normalized spacial score (nSPS) is 15.4. The van der Waals surface area contributed by atoms with Gasteiger partial charge in [0.15, 0.2) is 5.96 Å². The molecule has 2 aromatic rings. The van der Waals surface area contributed by atoms with Gasteiger partial charge >= 0.3 is 0 Å². The molecule has 1 fully saturated rings. The van der Waals surface area contributed by atoms with E-state index in [4.69, 9.17) is 15.2 Å². The van der Waals surface area contributed by atoms with E-state index in [0.29, 0.717) is 25.2 Å². The Balaban J connectivity index is 1.46. The fourth-order valence-electron chi connectivity index (χ4n) is 3.58. The van der Waals surface area contributed by atoms with Gasteiger partial charge in [-0.15, -0.1) is 0 Å². The molecule has 1 aliphatic heterocycles. The maximum Gasteiger partial charge on any atom is 0.193 e. The van der Waals surface area contributed by atoms with E-state index in [1.54, 1.807) is 0 Å². The molecule has 0 bridgehead atoms. The van der Waals surface area contributed by atoms with Crippen LogP contribution in [0.1, 0.15) is 30.9 Å². The van der Waals surface area contributed by atoms with Crippen molar-refractivity contribution < 1.29 is 9.47 Å². The van der Waals surface area contributed by atoms with Gasteiger partial charge in [0.2, 0.25) is 0 Å². The van der Waals surface area contributed by atoms with Crippen molar-refractivity contribution in [1.82, 2.24) is 4.90 Å². The van der Waals surface area contributed by atoms with Crippen LogP contribution in [0.25, 0.3) is 0 Å². The smallest absolute Gasteiger partial charge is 0.193 e. The van der Waals surface area contributed by atoms with E-state index < -0.39 is 0 Å². The van der Waals surface area contributed by atoms with Crippen LogP contribution in [0.2, 0.25) is 0 Å². The molecule has 0 aliphatic carbocycles. The Kier molecular flexibility index (Phi) is 8.53. The van der Waals surface area contributed by atoms with Crippen molar-refractivity contribution in [3.8, 4) is 5.75 Å². The maximum absolute atomic E-state index is 6.06. The molecule has 0 radical (unpaired) electrons. The zero-order chi connectivity index (χ0) is 21.2. The lowest BCUT2D eigenvalue weighted by Gasteiger charge is -2.31. The van der Waals surface area contributed by atoms with Crippen molar-refractivity contribution in [2.45, 2.75) is 38.8 Å². The number of nitrogens with zero attached hydrogens (tertiary/aromatic N) is 2. The van der Waals surface area contributed by atoms with Gasteiger partial charge in [-0.05, 0) is 61.7 Å². The van der Waals surface area contributed by atoms with Crippen LogP contribution in [0.3, 0.4) is 0 Å². The third-order valence-corrected chi connectivity index (χ3v) is 5.46. The minimum absolute atomic E-state index is 0.410. The zero-order valence-electron chi connectivity index (χ0n) is 18.1. The van der Waals surface area contributed by atoms with Gasteiger partial charge in [0.1, 0.15) is 12.4 Å². The Morgan fingerprint density at radius 1 is 1.17 bits per heavy atom. The highest BCUT2D eigenvalue weighted by Crippen LogP contribution is 2.16. The summed E-state index contributed by atoms with van der Waals surface area (Å²) in [5.41, 5.74) is 9.35. The molecule has 6 nitrogen and oxygen atoms in total. The highest BCUT2D eigenvalue weighted by Gasteiger charge is 2.17. The Morgan fingerprint density at radius 2 is 1.93 bits per heavy atom. The molecule has 6 heteroatoms. The molecule has 0 aromatic heterocycles. The predicted octanol–water partition coefficient (Wildman–Crippen LogP) is 3.67. The van der Waals surface area contributed by atoms with E-state index >= 15 is 0 Å². The van der Waals surface area contributed by atoms with Crippen LogP contribution in [0, 0.1) is 0 Å². The first-order valence-electron chi connectivity index (χ1n) is 10.8. The molecule has 0 saturated carbocycles. The van der Waals surface area contributed by atoms with Gasteiger partial charge < -0.3 is 20.5 Å². The first-order chi connectivity index (χ1) is 14.6. The van der Waals surface area contributed by atoms with Crippen LogP contribution in [0.5, 0.6) is 5.75 Å². The van der Waals surface area contributed by atoms with E-state index in [-0.39, 0.29) is 0 Å². The maximum atomic E-state index is 6.06. The SMILES string of the molecule is CCc1cccc(NC(N)=NCc2cccc(OCCN(C)C3CCOCC3)c2)c1. The zero-order valence-corrected chi connectivity index (χ0v) is 18.1. The van der Waals surface area contributed by atoms with Gasteiger partial charge in [-0.2, -0.15) is 0 Å². The second kappa shape index (κ2) is 11.6. The number of benzene rings is 2. The van der Waals surface area contributed by atoms with Crippen molar-refractivity contribution in [2.75, 3.05) is 38.7 Å². The fraction of sp³-hybridized carbons (Fsp3) is 0.458. The lowest BCUT2D eigenvalue weighted by atomic mass is 10.1. The third-order valence-electron chi connectivity index (χ3n) is 5.46. The number of ether oxygens (including phenoxy) is 2. The van der Waals surface area contributed by atoms with Crippen LogP contribution < -0.4 is 15.8 Å². The minimum atomic E-state index is 0.410. The monoisotopic (exact) mass is 410 g/mol. The molecular weight excluding hydrogens is 376 g/mol. The molecule has 3 rings (SSSR count). The van der Waals surface area contributed by atoms with Crippen LogP contribution in [-0.2, 0) is 17.7 Å². The molecule has 162 valence electrons. The number of anilines is 1. The van der Waals surface area contributed by atoms with E-state index in [1.807, 2.05) is 36.4 Å². The minimum Gasteiger partial charge on any atom is -0.492 e. The Hall–Kier alpha value is -2.57. The number of guanidine groups is 1.